The number of nitrogens with zero attached hydrogens (tertiary/aromatic N) is 2. The van der Waals surface area contributed by atoms with Gasteiger partial charge in [-0.3, -0.25) is 9.48 Å². The molecule has 0 radical (unpaired) electrons. The van der Waals surface area contributed by atoms with Crippen molar-refractivity contribution in [2.45, 2.75) is 13.5 Å². The molecular formula is C15H17N3O4. The van der Waals surface area contributed by atoms with Crippen LogP contribution in [0.25, 0.3) is 0 Å². The number of carboxylic acid groups (broad SMARTS) is 1. The topological polar surface area (TPSA) is 93.5 Å². The van der Waals surface area contributed by atoms with E-state index in [1.54, 1.807) is 24.7 Å². The predicted molar refractivity (Wildman–Crippen MR) is 80.0 cm³/mol. The van der Waals surface area contributed by atoms with Gasteiger partial charge < -0.3 is 15.2 Å². The lowest BCUT2D eigenvalue weighted by Gasteiger charge is -2.09. The number of methoxy groups -OCH3 is 1. The van der Waals surface area contributed by atoms with Crippen LogP contribution in [0.4, 0.5) is 5.69 Å². The quantitative estimate of drug-likeness (QED) is 0.879. The summed E-state index contributed by atoms with van der Waals surface area (Å²) in [7, 11) is 3.26. The second kappa shape index (κ2) is 6.40. The maximum Gasteiger partial charge on any atom is 0.335 e. The zero-order valence-electron chi connectivity index (χ0n) is 12.6. The molecule has 0 aliphatic rings. The Kier molecular flexibility index (Phi) is 4.57. The van der Waals surface area contributed by atoms with Crippen molar-refractivity contribution in [3.8, 4) is 0 Å². The monoisotopic (exact) mass is 303 g/mol. The van der Waals surface area contributed by atoms with Gasteiger partial charge in [-0.2, -0.15) is 5.10 Å². The minimum absolute atomic E-state index is 0.0905. The normalized spacial score (nSPS) is 10.5. The number of aryl methyl sites for hydroxylation is 1. The molecule has 7 nitrogen and oxygen atoms in total. The number of carbonyl (C=O) groups excluding carboxylic acids is 1. The van der Waals surface area contributed by atoms with Crippen LogP contribution in [-0.2, 0) is 18.4 Å². The summed E-state index contributed by atoms with van der Waals surface area (Å²) in [6.45, 7) is 2.04. The molecule has 0 saturated carbocycles. The van der Waals surface area contributed by atoms with E-state index in [9.17, 15) is 9.59 Å². The van der Waals surface area contributed by atoms with E-state index in [1.807, 2.05) is 0 Å². The number of carbonyl (C=O) groups is 2. The van der Waals surface area contributed by atoms with E-state index in [-0.39, 0.29) is 18.1 Å². The molecule has 0 aliphatic carbocycles. The van der Waals surface area contributed by atoms with E-state index >= 15 is 0 Å². The number of carboxylic acids is 1. The first-order chi connectivity index (χ1) is 10.4. The number of hydrogen-bond donors (Lipinski definition) is 2. The SMILES string of the molecule is COCc1cc(NC(=O)c2cnn(C)c2C)cc(C(=O)O)c1. The molecular weight excluding hydrogens is 286 g/mol. The highest BCUT2D eigenvalue weighted by Gasteiger charge is 2.14. The maximum atomic E-state index is 12.3. The van der Waals surface area contributed by atoms with Crippen molar-refractivity contribution >= 4 is 17.6 Å². The second-order valence-corrected chi connectivity index (χ2v) is 4.88. The van der Waals surface area contributed by atoms with Gasteiger partial charge in [0, 0.05) is 25.5 Å². The molecule has 2 aromatic rings. The number of ether oxygens (including phenoxy) is 1. The molecule has 0 spiro atoms. The van der Waals surface area contributed by atoms with Crippen molar-refractivity contribution in [3.63, 3.8) is 0 Å². The van der Waals surface area contributed by atoms with Gasteiger partial charge in [-0.1, -0.05) is 0 Å². The number of aromatic carboxylic acids is 1. The zero-order valence-corrected chi connectivity index (χ0v) is 12.6. The highest BCUT2D eigenvalue weighted by molar-refractivity contribution is 6.05. The Labute approximate surface area is 127 Å². The molecule has 0 fully saturated rings. The summed E-state index contributed by atoms with van der Waals surface area (Å²) in [4.78, 5) is 23.4. The van der Waals surface area contributed by atoms with E-state index < -0.39 is 5.97 Å². The third-order valence-corrected chi connectivity index (χ3v) is 3.29. The Bertz CT molecular complexity index is 722. The molecule has 1 aromatic carbocycles. The molecule has 0 bridgehead atoms. The van der Waals surface area contributed by atoms with E-state index in [0.717, 1.165) is 5.69 Å². The molecule has 0 atom stereocenters. The van der Waals surface area contributed by atoms with Crippen LogP contribution >= 0.6 is 0 Å². The third-order valence-electron chi connectivity index (χ3n) is 3.29. The maximum absolute atomic E-state index is 12.3. The van der Waals surface area contributed by atoms with Crippen molar-refractivity contribution in [2.75, 3.05) is 12.4 Å². The van der Waals surface area contributed by atoms with Gasteiger partial charge in [0.15, 0.2) is 0 Å². The Morgan fingerprint density at radius 3 is 2.64 bits per heavy atom. The summed E-state index contributed by atoms with van der Waals surface area (Å²) in [5.41, 5.74) is 2.33. The first kappa shape index (κ1) is 15.7. The number of benzene rings is 1. The highest BCUT2D eigenvalue weighted by atomic mass is 16.5. The summed E-state index contributed by atoms with van der Waals surface area (Å²) in [5, 5.41) is 15.8. The van der Waals surface area contributed by atoms with Gasteiger partial charge in [0.05, 0.1) is 23.9 Å². The second-order valence-electron chi connectivity index (χ2n) is 4.88. The lowest BCUT2D eigenvalue weighted by Crippen LogP contribution is -2.14. The van der Waals surface area contributed by atoms with Crippen LogP contribution in [0.5, 0.6) is 0 Å². The van der Waals surface area contributed by atoms with Crippen LogP contribution in [0.15, 0.2) is 24.4 Å². The van der Waals surface area contributed by atoms with Crippen LogP contribution in [0.1, 0.15) is 32.0 Å². The molecule has 1 heterocycles. The molecule has 116 valence electrons. The number of nitrogens with one attached hydrogen (secondary N) is 1. The fourth-order valence-electron chi connectivity index (χ4n) is 2.06. The summed E-state index contributed by atoms with van der Waals surface area (Å²) in [6.07, 6.45) is 1.47. The lowest BCUT2D eigenvalue weighted by atomic mass is 10.1. The van der Waals surface area contributed by atoms with Gasteiger partial charge >= 0.3 is 5.97 Å². The van der Waals surface area contributed by atoms with Crippen LogP contribution in [0.3, 0.4) is 0 Å². The van der Waals surface area contributed by atoms with Crippen LogP contribution in [-0.4, -0.2) is 33.9 Å². The van der Waals surface area contributed by atoms with Gasteiger partial charge in [0.25, 0.3) is 5.91 Å². The Hall–Kier alpha value is -2.67. The number of hydrogen-bond acceptors (Lipinski definition) is 4. The fourth-order valence-corrected chi connectivity index (χ4v) is 2.06. The van der Waals surface area contributed by atoms with Crippen molar-refractivity contribution in [1.29, 1.82) is 0 Å². The van der Waals surface area contributed by atoms with Gasteiger partial charge in [-0.15, -0.1) is 0 Å². The summed E-state index contributed by atoms with van der Waals surface area (Å²) >= 11 is 0. The van der Waals surface area contributed by atoms with Crippen molar-refractivity contribution in [2.24, 2.45) is 7.05 Å². The minimum Gasteiger partial charge on any atom is -0.478 e. The van der Waals surface area contributed by atoms with Crippen molar-refractivity contribution in [3.05, 3.63) is 46.8 Å². The van der Waals surface area contributed by atoms with Crippen LogP contribution in [0, 0.1) is 6.92 Å². The minimum atomic E-state index is -1.06. The Balaban J connectivity index is 2.30. The number of anilines is 1. The highest BCUT2D eigenvalue weighted by Crippen LogP contribution is 2.18. The first-order valence-electron chi connectivity index (χ1n) is 6.58. The molecule has 0 unspecified atom stereocenters. The van der Waals surface area contributed by atoms with Gasteiger partial charge in [0.1, 0.15) is 0 Å². The molecule has 1 aromatic heterocycles. The molecule has 2 rings (SSSR count). The molecule has 0 saturated heterocycles. The number of amides is 1. The standard InChI is InChI=1S/C15H17N3O4/c1-9-13(7-16-18(9)2)14(19)17-12-5-10(8-22-3)4-11(6-12)15(20)21/h4-7H,8H2,1-3H3,(H,17,19)(H,20,21). The van der Waals surface area contributed by atoms with Gasteiger partial charge in [-0.25, -0.2) is 4.79 Å². The third kappa shape index (κ3) is 3.32. The van der Waals surface area contributed by atoms with Crippen LogP contribution < -0.4 is 5.32 Å². The summed E-state index contributed by atoms with van der Waals surface area (Å²) < 4.78 is 6.61. The largest absolute Gasteiger partial charge is 0.478 e. The Morgan fingerprint density at radius 2 is 2.09 bits per heavy atom. The summed E-state index contributed by atoms with van der Waals surface area (Å²) in [5.74, 6) is -1.40. The average Bonchev–Trinajstić information content (AvgIpc) is 2.79. The smallest absolute Gasteiger partial charge is 0.335 e. The van der Waals surface area contributed by atoms with Crippen molar-refractivity contribution < 1.29 is 19.4 Å². The van der Waals surface area contributed by atoms with Gasteiger partial charge in [0.2, 0.25) is 0 Å². The number of rotatable bonds is 5. The van der Waals surface area contributed by atoms with Crippen molar-refractivity contribution in [1.82, 2.24) is 9.78 Å². The molecule has 22 heavy (non-hydrogen) atoms. The number of aromatic nitrogens is 2. The average molecular weight is 303 g/mol. The summed E-state index contributed by atoms with van der Waals surface area (Å²) in [6, 6.07) is 4.60. The Morgan fingerprint density at radius 1 is 1.36 bits per heavy atom. The first-order valence-corrected chi connectivity index (χ1v) is 6.58. The van der Waals surface area contributed by atoms with E-state index in [0.29, 0.717) is 16.8 Å². The molecule has 7 heteroatoms. The lowest BCUT2D eigenvalue weighted by molar-refractivity contribution is 0.0696. The van der Waals surface area contributed by atoms with E-state index in [1.165, 1.54) is 25.4 Å². The molecule has 2 N–H and O–H groups in total. The molecule has 1 amide bonds. The fraction of sp³-hybridized carbons (Fsp3) is 0.267. The van der Waals surface area contributed by atoms with E-state index in [2.05, 4.69) is 10.4 Å². The van der Waals surface area contributed by atoms with Crippen LogP contribution in [0.2, 0.25) is 0 Å². The molecule has 0 aliphatic heterocycles. The predicted octanol–water partition coefficient (Wildman–Crippen LogP) is 1.83. The van der Waals surface area contributed by atoms with E-state index in [4.69, 9.17) is 9.84 Å². The van der Waals surface area contributed by atoms with Gasteiger partial charge in [-0.05, 0) is 30.7 Å². The zero-order chi connectivity index (χ0) is 16.3.